The number of nitrogens with one attached hydrogen (secondary N) is 1. The summed E-state index contributed by atoms with van der Waals surface area (Å²) in [7, 11) is 0. The number of halogens is 1. The van der Waals surface area contributed by atoms with Crippen LogP contribution in [0.15, 0.2) is 43.0 Å². The topological polar surface area (TPSA) is 64.6 Å². The van der Waals surface area contributed by atoms with Crippen molar-refractivity contribution in [2.45, 2.75) is 45.4 Å². The SMILES string of the molecule is C=C[C@H](CBr)C[C@H](NC(=O)OC(C)(C)C)C(=O)OCc1ccccc1. The van der Waals surface area contributed by atoms with Gasteiger partial charge in [-0.25, -0.2) is 9.59 Å². The van der Waals surface area contributed by atoms with Crippen LogP contribution in [-0.2, 0) is 20.9 Å². The molecule has 0 radical (unpaired) electrons. The van der Waals surface area contributed by atoms with Crippen LogP contribution in [0.5, 0.6) is 0 Å². The summed E-state index contributed by atoms with van der Waals surface area (Å²) in [6.45, 7) is 9.20. The first kappa shape index (κ1) is 21.2. The predicted octanol–water partition coefficient (Wildman–Crippen LogP) is 4.21. The summed E-state index contributed by atoms with van der Waals surface area (Å²) < 4.78 is 10.6. The molecular weight excluding hydrogens is 386 g/mol. The highest BCUT2D eigenvalue weighted by molar-refractivity contribution is 9.09. The first-order chi connectivity index (χ1) is 11.7. The average molecular weight is 412 g/mol. The maximum Gasteiger partial charge on any atom is 0.408 e. The third-order valence-electron chi connectivity index (χ3n) is 3.27. The minimum absolute atomic E-state index is 0.0178. The molecule has 0 heterocycles. The van der Waals surface area contributed by atoms with E-state index in [0.717, 1.165) is 5.56 Å². The van der Waals surface area contributed by atoms with Crippen molar-refractivity contribution < 1.29 is 19.1 Å². The number of hydrogen-bond acceptors (Lipinski definition) is 4. The fourth-order valence-electron chi connectivity index (χ4n) is 2.02. The smallest absolute Gasteiger partial charge is 0.408 e. The standard InChI is InChI=1S/C19H26BrNO4/c1-5-14(12-20)11-16(21-18(23)25-19(2,3)4)17(22)24-13-15-9-7-6-8-10-15/h5-10,14,16H,1,11-13H2,2-4H3,(H,21,23)/t14-,16-/m0/s1. The van der Waals surface area contributed by atoms with Crippen molar-refractivity contribution in [2.75, 3.05) is 5.33 Å². The van der Waals surface area contributed by atoms with Crippen molar-refractivity contribution in [3.8, 4) is 0 Å². The highest BCUT2D eigenvalue weighted by Crippen LogP contribution is 2.14. The van der Waals surface area contributed by atoms with E-state index in [9.17, 15) is 9.59 Å². The lowest BCUT2D eigenvalue weighted by atomic mass is 10.0. The highest BCUT2D eigenvalue weighted by Gasteiger charge is 2.27. The van der Waals surface area contributed by atoms with E-state index in [1.165, 1.54) is 0 Å². The Kier molecular flexibility index (Phi) is 8.69. The molecule has 1 rings (SSSR count). The van der Waals surface area contributed by atoms with Gasteiger partial charge in [0.2, 0.25) is 0 Å². The van der Waals surface area contributed by atoms with Crippen LogP contribution in [-0.4, -0.2) is 29.0 Å². The molecule has 1 aromatic rings. The first-order valence-electron chi connectivity index (χ1n) is 8.13. The van der Waals surface area contributed by atoms with Gasteiger partial charge in [0.15, 0.2) is 0 Å². The Morgan fingerprint density at radius 2 is 1.92 bits per heavy atom. The van der Waals surface area contributed by atoms with Gasteiger partial charge in [-0.3, -0.25) is 0 Å². The minimum Gasteiger partial charge on any atom is -0.459 e. The Balaban J connectivity index is 2.72. The summed E-state index contributed by atoms with van der Waals surface area (Å²) >= 11 is 3.38. The van der Waals surface area contributed by atoms with Gasteiger partial charge >= 0.3 is 12.1 Å². The third kappa shape index (κ3) is 8.72. The highest BCUT2D eigenvalue weighted by atomic mass is 79.9. The van der Waals surface area contributed by atoms with Gasteiger partial charge in [0.25, 0.3) is 0 Å². The van der Waals surface area contributed by atoms with Crippen LogP contribution in [0, 0.1) is 5.92 Å². The molecule has 0 bridgehead atoms. The number of allylic oxidation sites excluding steroid dienone is 1. The number of benzene rings is 1. The van der Waals surface area contributed by atoms with E-state index in [4.69, 9.17) is 9.47 Å². The van der Waals surface area contributed by atoms with Gasteiger partial charge in [-0.1, -0.05) is 52.3 Å². The Bertz CT molecular complexity index is 569. The van der Waals surface area contributed by atoms with E-state index in [-0.39, 0.29) is 12.5 Å². The molecule has 0 unspecified atom stereocenters. The zero-order valence-corrected chi connectivity index (χ0v) is 16.5. The number of ether oxygens (including phenoxy) is 2. The molecule has 1 amide bonds. The van der Waals surface area contributed by atoms with Crippen LogP contribution in [0.4, 0.5) is 4.79 Å². The number of alkyl halides is 1. The maximum absolute atomic E-state index is 12.4. The molecule has 0 saturated carbocycles. The molecule has 25 heavy (non-hydrogen) atoms. The molecule has 0 spiro atoms. The van der Waals surface area contributed by atoms with Gasteiger partial charge in [0, 0.05) is 5.33 Å². The van der Waals surface area contributed by atoms with E-state index in [2.05, 4.69) is 27.8 Å². The van der Waals surface area contributed by atoms with Crippen molar-refractivity contribution in [3.05, 3.63) is 48.6 Å². The summed E-state index contributed by atoms with van der Waals surface area (Å²) in [5.74, 6) is -0.480. The predicted molar refractivity (Wildman–Crippen MR) is 101 cm³/mol. The van der Waals surface area contributed by atoms with Crippen molar-refractivity contribution in [2.24, 2.45) is 5.92 Å². The Morgan fingerprint density at radius 3 is 2.44 bits per heavy atom. The third-order valence-corrected chi connectivity index (χ3v) is 4.10. The molecule has 2 atom stereocenters. The quantitative estimate of drug-likeness (QED) is 0.395. The zero-order valence-electron chi connectivity index (χ0n) is 15.0. The number of carbonyl (C=O) groups is 2. The molecule has 5 nitrogen and oxygen atoms in total. The zero-order chi connectivity index (χ0) is 18.9. The molecule has 1 N–H and O–H groups in total. The monoisotopic (exact) mass is 411 g/mol. The number of alkyl carbamates (subject to hydrolysis) is 1. The van der Waals surface area contributed by atoms with E-state index in [0.29, 0.717) is 11.8 Å². The lowest BCUT2D eigenvalue weighted by molar-refractivity contribution is -0.147. The Hall–Kier alpha value is -1.82. The number of rotatable bonds is 8. The van der Waals surface area contributed by atoms with Crippen molar-refractivity contribution in [1.82, 2.24) is 5.32 Å². The molecule has 0 aliphatic carbocycles. The number of esters is 1. The second kappa shape index (κ2) is 10.2. The lowest BCUT2D eigenvalue weighted by Gasteiger charge is -2.24. The van der Waals surface area contributed by atoms with E-state index in [1.54, 1.807) is 26.8 Å². The summed E-state index contributed by atoms with van der Waals surface area (Å²) in [5.41, 5.74) is 0.239. The first-order valence-corrected chi connectivity index (χ1v) is 9.26. The molecule has 0 aliphatic heterocycles. The number of hydrogen-bond donors (Lipinski definition) is 1. The molecule has 1 aromatic carbocycles. The van der Waals surface area contributed by atoms with Gasteiger partial charge in [-0.15, -0.1) is 6.58 Å². The molecule has 0 fully saturated rings. The Labute approximate surface area is 157 Å². The summed E-state index contributed by atoms with van der Waals surface area (Å²) in [6.07, 6.45) is 1.47. The molecule has 0 aromatic heterocycles. The van der Waals surface area contributed by atoms with Crippen LogP contribution < -0.4 is 5.32 Å². The van der Waals surface area contributed by atoms with Crippen molar-refractivity contribution in [3.63, 3.8) is 0 Å². The van der Waals surface area contributed by atoms with Gasteiger partial charge < -0.3 is 14.8 Å². The summed E-state index contributed by atoms with van der Waals surface area (Å²) in [4.78, 5) is 24.5. The van der Waals surface area contributed by atoms with Gasteiger partial charge in [-0.05, 0) is 38.7 Å². The number of amides is 1. The molecule has 138 valence electrons. The Morgan fingerprint density at radius 1 is 1.28 bits per heavy atom. The van der Waals surface area contributed by atoms with Crippen molar-refractivity contribution in [1.29, 1.82) is 0 Å². The van der Waals surface area contributed by atoms with Crippen LogP contribution in [0.25, 0.3) is 0 Å². The molecule has 6 heteroatoms. The molecule has 0 saturated heterocycles. The van der Waals surface area contributed by atoms with Crippen LogP contribution in [0.1, 0.15) is 32.8 Å². The van der Waals surface area contributed by atoms with E-state index < -0.39 is 23.7 Å². The van der Waals surface area contributed by atoms with Crippen LogP contribution >= 0.6 is 15.9 Å². The maximum atomic E-state index is 12.4. The lowest BCUT2D eigenvalue weighted by Crippen LogP contribution is -2.45. The number of carbonyl (C=O) groups excluding carboxylic acids is 2. The fourth-order valence-corrected chi connectivity index (χ4v) is 2.55. The van der Waals surface area contributed by atoms with Gasteiger partial charge in [0.05, 0.1) is 0 Å². The van der Waals surface area contributed by atoms with E-state index in [1.807, 2.05) is 30.3 Å². The summed E-state index contributed by atoms with van der Waals surface area (Å²) in [5, 5.41) is 3.24. The van der Waals surface area contributed by atoms with E-state index >= 15 is 0 Å². The van der Waals surface area contributed by atoms with Crippen LogP contribution in [0.2, 0.25) is 0 Å². The van der Waals surface area contributed by atoms with Crippen molar-refractivity contribution >= 4 is 28.0 Å². The second-order valence-electron chi connectivity index (χ2n) is 6.68. The normalized spacial score (nSPS) is 13.4. The average Bonchev–Trinajstić information content (AvgIpc) is 2.55. The largest absolute Gasteiger partial charge is 0.459 e. The molecule has 0 aliphatic rings. The minimum atomic E-state index is -0.806. The van der Waals surface area contributed by atoms with Crippen LogP contribution in [0.3, 0.4) is 0 Å². The van der Waals surface area contributed by atoms with Gasteiger partial charge in [0.1, 0.15) is 18.2 Å². The summed E-state index contributed by atoms with van der Waals surface area (Å²) in [6, 6.07) is 8.57. The van der Waals surface area contributed by atoms with Gasteiger partial charge in [-0.2, -0.15) is 0 Å². The second-order valence-corrected chi connectivity index (χ2v) is 7.33. The fraction of sp³-hybridized carbons (Fsp3) is 0.474. The molecular formula is C19H26BrNO4.